The Labute approximate surface area is 185 Å². The van der Waals surface area contributed by atoms with Crippen LogP contribution in [0.15, 0.2) is 65.3 Å². The lowest BCUT2D eigenvalue weighted by molar-refractivity contribution is -0.139. The number of carbonyl (C=O) groups excluding carboxylic acids is 1. The summed E-state index contributed by atoms with van der Waals surface area (Å²) in [5, 5.41) is 9.73. The second-order valence-electron chi connectivity index (χ2n) is 6.93. The predicted octanol–water partition coefficient (Wildman–Crippen LogP) is 4.06. The van der Waals surface area contributed by atoms with Crippen LogP contribution in [0.1, 0.15) is 30.9 Å². The topological polar surface area (TPSA) is 104 Å². The summed E-state index contributed by atoms with van der Waals surface area (Å²) < 4.78 is 35.0. The number of benzene rings is 2. The van der Waals surface area contributed by atoms with Gasteiger partial charge in [0.15, 0.2) is 0 Å². The Morgan fingerprint density at radius 3 is 2.59 bits per heavy atom. The van der Waals surface area contributed by atoms with E-state index in [1.807, 2.05) is 0 Å². The van der Waals surface area contributed by atoms with Crippen molar-refractivity contribution in [3.8, 4) is 17.6 Å². The van der Waals surface area contributed by atoms with Gasteiger partial charge in [-0.1, -0.05) is 6.07 Å². The highest BCUT2D eigenvalue weighted by Gasteiger charge is 2.36. The van der Waals surface area contributed by atoms with Crippen molar-refractivity contribution < 1.29 is 28.1 Å². The molecule has 0 radical (unpaired) electrons. The first-order chi connectivity index (χ1) is 15.4. The Morgan fingerprint density at radius 2 is 1.97 bits per heavy atom. The van der Waals surface area contributed by atoms with E-state index < -0.39 is 11.9 Å². The number of nitrogens with zero attached hydrogens (tertiary/aromatic N) is 1. The zero-order valence-corrected chi connectivity index (χ0v) is 18.0. The number of carbonyl (C=O) groups is 1. The molecule has 1 heterocycles. The van der Waals surface area contributed by atoms with Gasteiger partial charge in [-0.05, 0) is 55.8 Å². The van der Waals surface area contributed by atoms with Crippen molar-refractivity contribution >= 4 is 5.97 Å². The van der Waals surface area contributed by atoms with E-state index in [1.54, 1.807) is 32.0 Å². The van der Waals surface area contributed by atoms with Gasteiger partial charge >= 0.3 is 5.97 Å². The fourth-order valence-corrected chi connectivity index (χ4v) is 3.47. The highest BCUT2D eigenvalue weighted by atomic mass is 19.1. The normalized spacial score (nSPS) is 15.7. The Balaban J connectivity index is 2.02. The van der Waals surface area contributed by atoms with Crippen molar-refractivity contribution in [2.24, 2.45) is 5.73 Å². The lowest BCUT2D eigenvalue weighted by Gasteiger charge is -2.27. The Morgan fingerprint density at radius 1 is 1.25 bits per heavy atom. The summed E-state index contributed by atoms with van der Waals surface area (Å²) in [6.07, 6.45) is 0. The number of methoxy groups -OCH3 is 1. The third-order valence-corrected chi connectivity index (χ3v) is 4.95. The number of esters is 1. The number of hydrogen-bond acceptors (Lipinski definition) is 7. The molecule has 2 aromatic rings. The van der Waals surface area contributed by atoms with Gasteiger partial charge in [-0.25, -0.2) is 9.18 Å². The van der Waals surface area contributed by atoms with Crippen LogP contribution in [0.3, 0.4) is 0 Å². The van der Waals surface area contributed by atoms with Gasteiger partial charge in [0, 0.05) is 5.56 Å². The van der Waals surface area contributed by atoms with Crippen LogP contribution in [0.5, 0.6) is 11.5 Å². The SMILES string of the molecule is CCOC(=O)C1=C(C)OC(N)=C(C#N)C1c1ccc(OC)c(COc2ccc(F)cc2)c1. The van der Waals surface area contributed by atoms with Crippen molar-refractivity contribution in [3.63, 3.8) is 0 Å². The fourth-order valence-electron chi connectivity index (χ4n) is 3.47. The minimum atomic E-state index is -0.775. The molecule has 0 bridgehead atoms. The molecule has 166 valence electrons. The van der Waals surface area contributed by atoms with Crippen molar-refractivity contribution in [3.05, 3.63) is 82.2 Å². The minimum Gasteiger partial charge on any atom is -0.496 e. The molecule has 1 atom stereocenters. The average molecular weight is 438 g/mol. The van der Waals surface area contributed by atoms with Gasteiger partial charge in [0.1, 0.15) is 41.3 Å². The lowest BCUT2D eigenvalue weighted by Crippen LogP contribution is -2.25. The van der Waals surface area contributed by atoms with Crippen LogP contribution in [-0.2, 0) is 20.9 Å². The molecule has 8 heteroatoms. The average Bonchev–Trinajstić information content (AvgIpc) is 2.78. The quantitative estimate of drug-likeness (QED) is 0.650. The number of ether oxygens (including phenoxy) is 4. The molecule has 3 rings (SSSR count). The standard InChI is InChI=1S/C24H23FN2O5/c1-4-30-24(28)21-14(2)32-23(27)19(12-26)22(21)15-5-10-20(29-3)16(11-15)13-31-18-8-6-17(25)7-9-18/h5-11,22H,4,13,27H2,1-3H3. The summed E-state index contributed by atoms with van der Waals surface area (Å²) in [5.41, 5.74) is 7.54. The summed E-state index contributed by atoms with van der Waals surface area (Å²) in [5.74, 6) is -0.490. The first-order valence-corrected chi connectivity index (χ1v) is 9.90. The molecule has 0 amide bonds. The van der Waals surface area contributed by atoms with E-state index in [0.29, 0.717) is 22.6 Å². The molecule has 0 aliphatic carbocycles. The van der Waals surface area contributed by atoms with Crippen molar-refractivity contribution in [1.29, 1.82) is 5.26 Å². The molecule has 2 N–H and O–H groups in total. The number of rotatable bonds is 7. The minimum absolute atomic E-state index is 0.0667. The summed E-state index contributed by atoms with van der Waals surface area (Å²) in [6.45, 7) is 3.58. The molecule has 1 unspecified atom stereocenters. The zero-order chi connectivity index (χ0) is 23.3. The Bertz CT molecular complexity index is 1120. The van der Waals surface area contributed by atoms with Crippen molar-refractivity contribution in [2.45, 2.75) is 26.4 Å². The van der Waals surface area contributed by atoms with Crippen LogP contribution in [0.2, 0.25) is 0 Å². The van der Waals surface area contributed by atoms with E-state index in [-0.39, 0.29) is 41.8 Å². The molecule has 0 aromatic heterocycles. The molecule has 0 saturated carbocycles. The maximum absolute atomic E-state index is 13.1. The maximum Gasteiger partial charge on any atom is 0.338 e. The third kappa shape index (κ3) is 4.67. The van der Waals surface area contributed by atoms with E-state index in [0.717, 1.165) is 0 Å². The number of nitrogens with two attached hydrogens (primary N) is 1. The van der Waals surface area contributed by atoms with Gasteiger partial charge in [-0.3, -0.25) is 0 Å². The third-order valence-electron chi connectivity index (χ3n) is 4.95. The van der Waals surface area contributed by atoms with Gasteiger partial charge < -0.3 is 24.7 Å². The van der Waals surface area contributed by atoms with E-state index >= 15 is 0 Å². The van der Waals surface area contributed by atoms with Gasteiger partial charge in [0.25, 0.3) is 0 Å². The molecule has 2 aromatic carbocycles. The second-order valence-corrected chi connectivity index (χ2v) is 6.93. The summed E-state index contributed by atoms with van der Waals surface area (Å²) >= 11 is 0. The monoisotopic (exact) mass is 438 g/mol. The largest absolute Gasteiger partial charge is 0.496 e. The van der Waals surface area contributed by atoms with Crippen LogP contribution in [-0.4, -0.2) is 19.7 Å². The molecule has 1 aliphatic rings. The van der Waals surface area contributed by atoms with Crippen molar-refractivity contribution in [2.75, 3.05) is 13.7 Å². The predicted molar refractivity (Wildman–Crippen MR) is 114 cm³/mol. The summed E-state index contributed by atoms with van der Waals surface area (Å²) in [7, 11) is 1.53. The van der Waals surface area contributed by atoms with Gasteiger partial charge in [-0.2, -0.15) is 5.26 Å². The highest BCUT2D eigenvalue weighted by Crippen LogP contribution is 2.40. The van der Waals surface area contributed by atoms with E-state index in [9.17, 15) is 14.4 Å². The number of hydrogen-bond donors (Lipinski definition) is 1. The molecule has 7 nitrogen and oxygen atoms in total. The zero-order valence-electron chi connectivity index (χ0n) is 18.0. The smallest absolute Gasteiger partial charge is 0.338 e. The molecule has 1 aliphatic heterocycles. The second kappa shape index (κ2) is 9.88. The molecular weight excluding hydrogens is 415 g/mol. The molecule has 0 fully saturated rings. The summed E-state index contributed by atoms with van der Waals surface area (Å²) in [6, 6.07) is 12.9. The molecule has 32 heavy (non-hydrogen) atoms. The van der Waals surface area contributed by atoms with Gasteiger partial charge in [0.05, 0.1) is 25.2 Å². The van der Waals surface area contributed by atoms with Crippen LogP contribution < -0.4 is 15.2 Å². The molecule has 0 saturated heterocycles. The van der Waals surface area contributed by atoms with Crippen molar-refractivity contribution in [1.82, 2.24) is 0 Å². The van der Waals surface area contributed by atoms with E-state index in [4.69, 9.17) is 24.7 Å². The Kier molecular flexibility index (Phi) is 7.00. The maximum atomic E-state index is 13.1. The number of allylic oxidation sites excluding steroid dienone is 2. The van der Waals surface area contributed by atoms with Crippen LogP contribution in [0.4, 0.5) is 4.39 Å². The van der Waals surface area contributed by atoms with E-state index in [1.165, 1.54) is 31.4 Å². The van der Waals surface area contributed by atoms with Crippen LogP contribution >= 0.6 is 0 Å². The first kappa shape index (κ1) is 22.7. The Hall–Kier alpha value is -3.99. The first-order valence-electron chi connectivity index (χ1n) is 9.90. The lowest BCUT2D eigenvalue weighted by atomic mass is 9.82. The summed E-state index contributed by atoms with van der Waals surface area (Å²) in [4.78, 5) is 12.7. The molecule has 0 spiro atoms. The number of halogens is 1. The molecular formula is C24H23FN2O5. The highest BCUT2D eigenvalue weighted by molar-refractivity contribution is 5.92. The number of nitriles is 1. The fraction of sp³-hybridized carbons (Fsp3) is 0.250. The van der Waals surface area contributed by atoms with Gasteiger partial charge in [-0.15, -0.1) is 0 Å². The van der Waals surface area contributed by atoms with Crippen LogP contribution in [0.25, 0.3) is 0 Å². The van der Waals surface area contributed by atoms with E-state index in [2.05, 4.69) is 6.07 Å². The van der Waals surface area contributed by atoms with Crippen LogP contribution in [0, 0.1) is 17.1 Å². The van der Waals surface area contributed by atoms with Gasteiger partial charge in [0.2, 0.25) is 5.88 Å².